The van der Waals surface area contributed by atoms with E-state index in [-0.39, 0.29) is 0 Å². The number of nitrogens with one attached hydrogen (secondary N) is 2. The predicted octanol–water partition coefficient (Wildman–Crippen LogP) is -0.511. The van der Waals surface area contributed by atoms with Crippen LogP contribution in [0.25, 0.3) is 0 Å². The quantitative estimate of drug-likeness (QED) is 0.460. The highest BCUT2D eigenvalue weighted by Gasteiger charge is 1.94. The first-order valence-electron chi connectivity index (χ1n) is 3.83. The van der Waals surface area contributed by atoms with Crippen molar-refractivity contribution in [1.82, 2.24) is 20.4 Å². The third-order valence-corrected chi connectivity index (χ3v) is 1.40. The maximum atomic E-state index is 5.02. The first-order valence-corrected chi connectivity index (χ1v) is 4.24. The average Bonchev–Trinajstić information content (AvgIpc) is 1.96. The molecule has 5 heteroatoms. The molecule has 4 nitrogen and oxygen atoms in total. The van der Waals surface area contributed by atoms with E-state index in [9.17, 15) is 0 Å². The molecule has 0 aromatic carbocycles. The van der Waals surface area contributed by atoms with Gasteiger partial charge < -0.3 is 10.6 Å². The Morgan fingerprint density at radius 3 is 1.58 bits per heavy atom. The Morgan fingerprint density at radius 1 is 1.00 bits per heavy atom. The predicted molar refractivity (Wildman–Crippen MR) is 56.0 cm³/mol. The zero-order valence-electron chi connectivity index (χ0n) is 8.22. The Morgan fingerprint density at radius 2 is 1.33 bits per heavy atom. The fourth-order valence-electron chi connectivity index (χ4n) is 0.522. The summed E-state index contributed by atoms with van der Waals surface area (Å²) in [5.41, 5.74) is 0. The molecule has 0 aliphatic heterocycles. The van der Waals surface area contributed by atoms with Crippen LogP contribution in [0.15, 0.2) is 0 Å². The van der Waals surface area contributed by atoms with Crippen LogP contribution in [0.4, 0.5) is 0 Å². The highest BCUT2D eigenvalue weighted by atomic mass is 32.1. The summed E-state index contributed by atoms with van der Waals surface area (Å²) in [5, 5.41) is 6.81. The second-order valence-electron chi connectivity index (χ2n) is 3.16. The van der Waals surface area contributed by atoms with Crippen LogP contribution in [-0.2, 0) is 0 Å². The number of rotatable bonds is 4. The lowest BCUT2D eigenvalue weighted by atomic mass is 10.8. The van der Waals surface area contributed by atoms with Gasteiger partial charge in [0, 0.05) is 0 Å². The molecule has 0 unspecified atom stereocenters. The molecule has 0 saturated heterocycles. The van der Waals surface area contributed by atoms with Gasteiger partial charge in [0.25, 0.3) is 0 Å². The summed E-state index contributed by atoms with van der Waals surface area (Å²) < 4.78 is 0. The molecule has 0 rings (SSSR count). The highest BCUT2D eigenvalue weighted by molar-refractivity contribution is 7.80. The van der Waals surface area contributed by atoms with Gasteiger partial charge in [-0.2, -0.15) is 0 Å². The van der Waals surface area contributed by atoms with E-state index in [1.165, 1.54) is 0 Å². The first-order chi connectivity index (χ1) is 5.52. The van der Waals surface area contributed by atoms with Crippen LogP contribution in [0.2, 0.25) is 0 Å². The van der Waals surface area contributed by atoms with Gasteiger partial charge in [-0.1, -0.05) is 0 Å². The minimum atomic E-state index is 0.692. The van der Waals surface area contributed by atoms with Gasteiger partial charge in [0.15, 0.2) is 5.11 Å². The Labute approximate surface area is 79.9 Å². The van der Waals surface area contributed by atoms with Gasteiger partial charge in [-0.15, -0.1) is 0 Å². The fourth-order valence-corrected chi connectivity index (χ4v) is 0.651. The minimum Gasteiger partial charge on any atom is -0.350 e. The number of hydrogen-bond acceptors (Lipinski definition) is 3. The van der Waals surface area contributed by atoms with Crippen molar-refractivity contribution in [2.45, 2.75) is 0 Å². The zero-order chi connectivity index (χ0) is 9.56. The third kappa shape index (κ3) is 7.71. The third-order valence-electron chi connectivity index (χ3n) is 1.11. The van der Waals surface area contributed by atoms with E-state index in [1.54, 1.807) is 0 Å². The van der Waals surface area contributed by atoms with Gasteiger partial charge in [0.2, 0.25) is 0 Å². The van der Waals surface area contributed by atoms with Crippen molar-refractivity contribution >= 4 is 17.3 Å². The number of nitrogens with zero attached hydrogens (tertiary/aromatic N) is 2. The van der Waals surface area contributed by atoms with Crippen LogP contribution < -0.4 is 10.6 Å². The molecule has 72 valence electrons. The SMILES string of the molecule is CN(C)CNC(=S)NCN(C)C. The van der Waals surface area contributed by atoms with Crippen LogP contribution in [0.1, 0.15) is 0 Å². The molecule has 0 aromatic heterocycles. The largest absolute Gasteiger partial charge is 0.350 e. The van der Waals surface area contributed by atoms with Gasteiger partial charge >= 0.3 is 0 Å². The second-order valence-corrected chi connectivity index (χ2v) is 3.57. The molecule has 0 fully saturated rings. The summed E-state index contributed by atoms with van der Waals surface area (Å²) >= 11 is 5.02. The molecule has 2 N–H and O–H groups in total. The first kappa shape index (κ1) is 11.6. The molecule has 0 bridgehead atoms. The summed E-state index contributed by atoms with van der Waals surface area (Å²) in [5.74, 6) is 0. The monoisotopic (exact) mass is 190 g/mol. The van der Waals surface area contributed by atoms with E-state index in [0.717, 1.165) is 13.3 Å². The molecule has 0 amide bonds. The summed E-state index contributed by atoms with van der Waals surface area (Å²) in [7, 11) is 7.95. The van der Waals surface area contributed by atoms with Crippen molar-refractivity contribution in [3.05, 3.63) is 0 Å². The van der Waals surface area contributed by atoms with Crippen LogP contribution in [0.3, 0.4) is 0 Å². The maximum absolute atomic E-state index is 5.02. The Bertz CT molecular complexity index is 121. The van der Waals surface area contributed by atoms with E-state index in [0.29, 0.717) is 5.11 Å². The van der Waals surface area contributed by atoms with Crippen molar-refractivity contribution in [2.24, 2.45) is 0 Å². The van der Waals surface area contributed by atoms with Crippen LogP contribution in [0.5, 0.6) is 0 Å². The molecule has 0 heterocycles. The van der Waals surface area contributed by atoms with E-state index in [4.69, 9.17) is 12.2 Å². The summed E-state index contributed by atoms with van der Waals surface area (Å²) in [6, 6.07) is 0. The molecule has 0 aliphatic rings. The van der Waals surface area contributed by atoms with Crippen LogP contribution in [0, 0.1) is 0 Å². The molecule has 12 heavy (non-hydrogen) atoms. The van der Waals surface area contributed by atoms with Crippen molar-refractivity contribution in [2.75, 3.05) is 41.5 Å². The Hall–Kier alpha value is -0.390. The van der Waals surface area contributed by atoms with Crippen molar-refractivity contribution in [3.8, 4) is 0 Å². The maximum Gasteiger partial charge on any atom is 0.168 e. The Balaban J connectivity index is 3.34. The fraction of sp³-hybridized carbons (Fsp3) is 0.857. The second kappa shape index (κ2) is 6.16. The topological polar surface area (TPSA) is 30.5 Å². The molecule has 0 aromatic rings. The summed E-state index contributed by atoms with van der Waals surface area (Å²) in [6.45, 7) is 1.53. The molecule has 0 spiro atoms. The van der Waals surface area contributed by atoms with Crippen molar-refractivity contribution in [1.29, 1.82) is 0 Å². The summed E-state index contributed by atoms with van der Waals surface area (Å²) in [6.07, 6.45) is 0. The lowest BCUT2D eigenvalue weighted by Crippen LogP contribution is -2.43. The van der Waals surface area contributed by atoms with Gasteiger partial charge in [-0.3, -0.25) is 9.80 Å². The lowest BCUT2D eigenvalue weighted by molar-refractivity contribution is 0.383. The Kier molecular flexibility index (Phi) is 5.96. The average molecular weight is 190 g/mol. The van der Waals surface area contributed by atoms with E-state index < -0.39 is 0 Å². The van der Waals surface area contributed by atoms with Gasteiger partial charge in [0.1, 0.15) is 0 Å². The van der Waals surface area contributed by atoms with Gasteiger partial charge in [-0.25, -0.2) is 0 Å². The lowest BCUT2D eigenvalue weighted by Gasteiger charge is -2.16. The smallest absolute Gasteiger partial charge is 0.168 e. The molecule has 0 aliphatic carbocycles. The summed E-state index contributed by atoms with van der Waals surface area (Å²) in [4.78, 5) is 4.04. The van der Waals surface area contributed by atoms with Crippen LogP contribution >= 0.6 is 12.2 Å². The molecular formula is C7H18N4S. The molecule has 0 saturated carbocycles. The van der Waals surface area contributed by atoms with Crippen molar-refractivity contribution < 1.29 is 0 Å². The zero-order valence-corrected chi connectivity index (χ0v) is 9.03. The van der Waals surface area contributed by atoms with Gasteiger partial charge in [-0.05, 0) is 40.4 Å². The van der Waals surface area contributed by atoms with Gasteiger partial charge in [0.05, 0.1) is 13.3 Å². The van der Waals surface area contributed by atoms with E-state index in [1.807, 2.05) is 38.0 Å². The highest BCUT2D eigenvalue weighted by Crippen LogP contribution is 1.72. The molecule has 0 atom stereocenters. The number of thiocarbonyl (C=S) groups is 1. The normalized spacial score (nSPS) is 10.5. The molecular weight excluding hydrogens is 172 g/mol. The van der Waals surface area contributed by atoms with Crippen molar-refractivity contribution in [3.63, 3.8) is 0 Å². The molecule has 0 radical (unpaired) electrons. The minimum absolute atomic E-state index is 0.692. The van der Waals surface area contributed by atoms with E-state index >= 15 is 0 Å². The van der Waals surface area contributed by atoms with Crippen LogP contribution in [-0.4, -0.2) is 56.4 Å². The standard InChI is InChI=1S/C7H18N4S/c1-10(2)5-8-7(12)9-6-11(3)4/h5-6H2,1-4H3,(H2,8,9,12). The number of hydrogen-bond donors (Lipinski definition) is 2. The van der Waals surface area contributed by atoms with E-state index in [2.05, 4.69) is 10.6 Å².